The van der Waals surface area contributed by atoms with Crippen molar-refractivity contribution in [3.05, 3.63) is 76.0 Å². The minimum atomic E-state index is -0.741. The quantitative estimate of drug-likeness (QED) is 0.464. The van der Waals surface area contributed by atoms with Gasteiger partial charge in [-0.2, -0.15) is 0 Å². The molecule has 0 atom stereocenters. The molecule has 0 aliphatic heterocycles. The van der Waals surface area contributed by atoms with Gasteiger partial charge in [0.05, 0.1) is 10.6 Å². The second kappa shape index (κ2) is 8.75. The predicted molar refractivity (Wildman–Crippen MR) is 109 cm³/mol. The van der Waals surface area contributed by atoms with E-state index in [9.17, 15) is 14.4 Å². The molecule has 0 bridgehead atoms. The Labute approximate surface area is 172 Å². The van der Waals surface area contributed by atoms with Gasteiger partial charge < -0.3 is 14.5 Å². The molecule has 0 fully saturated rings. The molecule has 1 aromatic heterocycles. The van der Waals surface area contributed by atoms with Gasteiger partial charge in [-0.05, 0) is 61.4 Å². The fourth-order valence-electron chi connectivity index (χ4n) is 2.67. The van der Waals surface area contributed by atoms with E-state index >= 15 is 0 Å². The number of aryl methyl sites for hydroxylation is 2. The van der Waals surface area contributed by atoms with Crippen molar-refractivity contribution in [3.63, 3.8) is 0 Å². The first-order chi connectivity index (χ1) is 13.9. The molecule has 148 valence electrons. The van der Waals surface area contributed by atoms with E-state index in [2.05, 4.69) is 5.32 Å². The van der Waals surface area contributed by atoms with Gasteiger partial charge >= 0.3 is 5.97 Å². The highest BCUT2D eigenvalue weighted by atomic mass is 35.5. The van der Waals surface area contributed by atoms with Crippen LogP contribution in [0.3, 0.4) is 0 Å². The Morgan fingerprint density at radius 2 is 1.90 bits per heavy atom. The Morgan fingerprint density at radius 1 is 1.10 bits per heavy atom. The van der Waals surface area contributed by atoms with Crippen molar-refractivity contribution in [2.45, 2.75) is 13.8 Å². The van der Waals surface area contributed by atoms with Crippen LogP contribution >= 0.6 is 11.6 Å². The average molecular weight is 412 g/mol. The lowest BCUT2D eigenvalue weighted by Gasteiger charge is -2.10. The molecular weight excluding hydrogens is 394 g/mol. The maximum absolute atomic E-state index is 12.4. The number of rotatable bonds is 6. The van der Waals surface area contributed by atoms with Crippen LogP contribution in [-0.4, -0.2) is 24.8 Å². The lowest BCUT2D eigenvalue weighted by molar-refractivity contribution is -0.119. The van der Waals surface area contributed by atoms with Gasteiger partial charge in [-0.1, -0.05) is 23.7 Å². The number of furan rings is 1. The summed E-state index contributed by atoms with van der Waals surface area (Å²) in [6.07, 6.45) is 0.586. The third-order valence-electron chi connectivity index (χ3n) is 4.22. The van der Waals surface area contributed by atoms with Gasteiger partial charge in [-0.15, -0.1) is 0 Å². The number of halogens is 1. The van der Waals surface area contributed by atoms with E-state index in [1.165, 1.54) is 18.2 Å². The number of hydrogen-bond donors (Lipinski definition) is 1. The van der Waals surface area contributed by atoms with Crippen molar-refractivity contribution in [1.29, 1.82) is 0 Å². The zero-order chi connectivity index (χ0) is 21.0. The summed E-state index contributed by atoms with van der Waals surface area (Å²) in [7, 11) is 0. The molecule has 0 saturated heterocycles. The number of ether oxygens (including phenoxy) is 1. The fourth-order valence-corrected chi connectivity index (χ4v) is 2.87. The number of esters is 1. The minimum absolute atomic E-state index is 0.0905. The second-order valence-electron chi connectivity index (χ2n) is 6.46. The van der Waals surface area contributed by atoms with Crippen LogP contribution < -0.4 is 5.32 Å². The third-order valence-corrected chi connectivity index (χ3v) is 4.54. The molecule has 2 aromatic carbocycles. The summed E-state index contributed by atoms with van der Waals surface area (Å²) in [5, 5.41) is 2.90. The van der Waals surface area contributed by atoms with E-state index in [4.69, 9.17) is 20.8 Å². The monoisotopic (exact) mass is 411 g/mol. The van der Waals surface area contributed by atoms with Crippen LogP contribution in [0.15, 0.2) is 52.9 Å². The second-order valence-corrected chi connectivity index (χ2v) is 6.86. The van der Waals surface area contributed by atoms with Crippen molar-refractivity contribution < 1.29 is 23.5 Å². The van der Waals surface area contributed by atoms with E-state index in [1.54, 1.807) is 12.1 Å². The molecule has 29 heavy (non-hydrogen) atoms. The maximum atomic E-state index is 12.4. The number of anilines is 1. The molecule has 1 amide bonds. The SMILES string of the molecule is Cc1ccc(C)c(NC(=O)COC(=O)c2cc(-c3ccc(C=O)o3)ccc2Cl)c1. The smallest absolute Gasteiger partial charge is 0.340 e. The zero-order valence-corrected chi connectivity index (χ0v) is 16.6. The van der Waals surface area contributed by atoms with Gasteiger partial charge in [-0.25, -0.2) is 4.79 Å². The molecule has 0 spiro atoms. The highest BCUT2D eigenvalue weighted by molar-refractivity contribution is 6.33. The van der Waals surface area contributed by atoms with E-state index in [-0.39, 0.29) is 16.3 Å². The topological polar surface area (TPSA) is 85.6 Å². The van der Waals surface area contributed by atoms with Gasteiger partial charge in [0.2, 0.25) is 0 Å². The van der Waals surface area contributed by atoms with Gasteiger partial charge in [0.25, 0.3) is 5.91 Å². The molecule has 7 heteroatoms. The molecule has 0 radical (unpaired) electrons. The standard InChI is InChI=1S/C22H18ClNO5/c1-13-3-4-14(2)19(9-13)24-21(26)12-28-22(27)17-10-15(5-7-18(17)23)20-8-6-16(11-25)29-20/h3-11H,12H2,1-2H3,(H,24,26). The normalized spacial score (nSPS) is 10.4. The lowest BCUT2D eigenvalue weighted by Crippen LogP contribution is -2.21. The van der Waals surface area contributed by atoms with Crippen LogP contribution in [0.4, 0.5) is 5.69 Å². The number of benzene rings is 2. The Bertz CT molecular complexity index is 1090. The average Bonchev–Trinajstić information content (AvgIpc) is 3.18. The van der Waals surface area contributed by atoms with Gasteiger partial charge in [0, 0.05) is 11.3 Å². The number of amides is 1. The number of carbonyl (C=O) groups excluding carboxylic acids is 3. The summed E-state index contributed by atoms with van der Waals surface area (Å²) >= 11 is 6.11. The van der Waals surface area contributed by atoms with Gasteiger partial charge in [0.1, 0.15) is 5.76 Å². The molecule has 0 aliphatic rings. The predicted octanol–water partition coefficient (Wildman–Crippen LogP) is 4.82. The summed E-state index contributed by atoms with van der Waals surface area (Å²) < 4.78 is 10.5. The molecule has 3 aromatic rings. The first-order valence-corrected chi connectivity index (χ1v) is 9.14. The van der Waals surface area contributed by atoms with Crippen LogP contribution in [0.1, 0.15) is 32.0 Å². The Morgan fingerprint density at radius 3 is 2.62 bits per heavy atom. The van der Waals surface area contributed by atoms with Gasteiger partial charge in [0.15, 0.2) is 18.7 Å². The largest absolute Gasteiger partial charge is 0.453 e. The van der Waals surface area contributed by atoms with E-state index < -0.39 is 18.5 Å². The van der Waals surface area contributed by atoms with E-state index in [0.717, 1.165) is 11.1 Å². The third kappa shape index (κ3) is 4.92. The van der Waals surface area contributed by atoms with Crippen LogP contribution in [0.25, 0.3) is 11.3 Å². The Hall–Kier alpha value is -3.38. The fraction of sp³-hybridized carbons (Fsp3) is 0.136. The van der Waals surface area contributed by atoms with Crippen LogP contribution in [0.2, 0.25) is 5.02 Å². The highest BCUT2D eigenvalue weighted by Crippen LogP contribution is 2.27. The lowest BCUT2D eigenvalue weighted by atomic mass is 10.1. The summed E-state index contributed by atoms with van der Waals surface area (Å²) in [4.78, 5) is 35.3. The summed E-state index contributed by atoms with van der Waals surface area (Å²) in [6.45, 7) is 3.33. The first-order valence-electron chi connectivity index (χ1n) is 8.76. The van der Waals surface area contributed by atoms with Crippen molar-refractivity contribution in [1.82, 2.24) is 0 Å². The molecule has 0 unspecified atom stereocenters. The molecular formula is C22H18ClNO5. The number of aldehydes is 1. The highest BCUT2D eigenvalue weighted by Gasteiger charge is 2.16. The van der Waals surface area contributed by atoms with Crippen molar-refractivity contribution >= 4 is 35.5 Å². The first kappa shape index (κ1) is 20.4. The van der Waals surface area contributed by atoms with Crippen molar-refractivity contribution in [2.75, 3.05) is 11.9 Å². The molecule has 6 nitrogen and oxygen atoms in total. The Kier molecular flexibility index (Phi) is 6.14. The van der Waals surface area contributed by atoms with E-state index in [0.29, 0.717) is 23.3 Å². The number of hydrogen-bond acceptors (Lipinski definition) is 5. The summed E-state index contributed by atoms with van der Waals surface area (Å²) in [6, 6.07) is 13.5. The minimum Gasteiger partial charge on any atom is -0.453 e. The Balaban J connectivity index is 1.68. The van der Waals surface area contributed by atoms with Crippen molar-refractivity contribution in [2.24, 2.45) is 0 Å². The summed E-state index contributed by atoms with van der Waals surface area (Å²) in [5.41, 5.74) is 3.21. The maximum Gasteiger partial charge on any atom is 0.340 e. The number of carbonyl (C=O) groups is 3. The number of nitrogens with one attached hydrogen (secondary N) is 1. The molecule has 0 saturated carbocycles. The molecule has 0 aliphatic carbocycles. The zero-order valence-electron chi connectivity index (χ0n) is 15.8. The molecule has 1 N–H and O–H groups in total. The van der Waals surface area contributed by atoms with Gasteiger partial charge in [-0.3, -0.25) is 9.59 Å². The van der Waals surface area contributed by atoms with E-state index in [1.807, 2.05) is 32.0 Å². The van der Waals surface area contributed by atoms with Crippen LogP contribution in [0.5, 0.6) is 0 Å². The molecule has 1 heterocycles. The van der Waals surface area contributed by atoms with Crippen molar-refractivity contribution in [3.8, 4) is 11.3 Å². The molecule has 3 rings (SSSR count). The van der Waals surface area contributed by atoms with Crippen LogP contribution in [0, 0.1) is 13.8 Å². The van der Waals surface area contributed by atoms with Crippen LogP contribution in [-0.2, 0) is 9.53 Å². The summed E-state index contributed by atoms with van der Waals surface area (Å²) in [5.74, 6) is -0.621.